The lowest BCUT2D eigenvalue weighted by molar-refractivity contribution is 0.660. The summed E-state index contributed by atoms with van der Waals surface area (Å²) >= 11 is 0. The van der Waals surface area contributed by atoms with Gasteiger partial charge < -0.3 is 0 Å². The van der Waals surface area contributed by atoms with Crippen molar-refractivity contribution in [1.29, 1.82) is 15.8 Å². The van der Waals surface area contributed by atoms with E-state index in [0.717, 1.165) is 50.1 Å². The van der Waals surface area contributed by atoms with Gasteiger partial charge in [-0.25, -0.2) is 0 Å². The number of hydrogen-bond donors (Lipinski definition) is 0. The number of hydrogen-bond acceptors (Lipinski definition) is 3. The minimum absolute atomic E-state index is 0.218. The van der Waals surface area contributed by atoms with Crippen LogP contribution in [0.2, 0.25) is 0 Å². The summed E-state index contributed by atoms with van der Waals surface area (Å²) in [6, 6.07) is 79.6. The SMILES string of the molecule is CC1(C)c2cc(C#N)ccc2-c2ccc(-c3ccc(-c4cc(-c5ccc(-c6ccc7c(c6)C(C)(C)c6cc(C#N)ccc6-7)cc5)cc(-c5ccc(-c6ccc7c(c6)C(C)(C)c6cc(C#N)ccc6-7)cc5)c4)cc3)cc21. The van der Waals surface area contributed by atoms with E-state index in [1.54, 1.807) is 0 Å². The van der Waals surface area contributed by atoms with Crippen molar-refractivity contribution in [1.82, 2.24) is 0 Å². The van der Waals surface area contributed by atoms with Gasteiger partial charge in [-0.15, -0.1) is 0 Å². The third-order valence-electron chi connectivity index (χ3n) is 17.0. The van der Waals surface area contributed by atoms with Crippen LogP contribution >= 0.6 is 0 Å². The van der Waals surface area contributed by atoms with Gasteiger partial charge in [0.2, 0.25) is 0 Å². The molecule has 13 rings (SSSR count). The quantitative estimate of drug-likeness (QED) is 0.167. The number of benzene rings is 10. The zero-order valence-electron chi connectivity index (χ0n) is 42.9. The lowest BCUT2D eigenvalue weighted by Crippen LogP contribution is -2.15. The smallest absolute Gasteiger partial charge is 0.0991 e. The molecule has 354 valence electrons. The Morgan fingerprint density at radius 2 is 0.400 bits per heavy atom. The number of nitriles is 3. The first-order chi connectivity index (χ1) is 36.2. The molecule has 0 spiro atoms. The molecule has 0 atom stereocenters. The number of nitrogens with zero attached hydrogens (tertiary/aromatic N) is 3. The summed E-state index contributed by atoms with van der Waals surface area (Å²) in [4.78, 5) is 0. The molecule has 0 N–H and O–H groups in total. The highest BCUT2D eigenvalue weighted by Gasteiger charge is 2.38. The van der Waals surface area contributed by atoms with Gasteiger partial charge in [0.05, 0.1) is 34.9 Å². The van der Waals surface area contributed by atoms with Crippen LogP contribution in [0.15, 0.2) is 200 Å². The maximum atomic E-state index is 9.68. The molecule has 0 radical (unpaired) electrons. The molecule has 0 amide bonds. The van der Waals surface area contributed by atoms with E-state index in [-0.39, 0.29) is 16.2 Å². The normalized spacial score (nSPS) is 14.3. The van der Waals surface area contributed by atoms with Crippen LogP contribution in [-0.2, 0) is 16.2 Å². The summed E-state index contributed by atoms with van der Waals surface area (Å²) in [5.74, 6) is 0. The van der Waals surface area contributed by atoms with Crippen molar-refractivity contribution in [2.75, 3.05) is 0 Å². The minimum atomic E-state index is -0.218. The Hall–Kier alpha value is -9.33. The highest BCUT2D eigenvalue weighted by atomic mass is 14.4. The van der Waals surface area contributed by atoms with Gasteiger partial charge >= 0.3 is 0 Å². The average Bonchev–Trinajstić information content (AvgIpc) is 3.94. The fourth-order valence-corrected chi connectivity index (χ4v) is 12.7. The fourth-order valence-electron chi connectivity index (χ4n) is 12.7. The Kier molecular flexibility index (Phi) is 10.1. The Morgan fingerprint density at radius 3 is 0.627 bits per heavy atom. The summed E-state index contributed by atoms with van der Waals surface area (Å²) in [5.41, 5.74) is 30.0. The maximum absolute atomic E-state index is 9.68. The van der Waals surface area contributed by atoms with E-state index in [1.165, 1.54) is 83.5 Å². The molecule has 0 aliphatic heterocycles. The maximum Gasteiger partial charge on any atom is 0.0991 e. The van der Waals surface area contributed by atoms with Crippen molar-refractivity contribution in [3.63, 3.8) is 0 Å². The molecule has 10 aromatic carbocycles. The van der Waals surface area contributed by atoms with Crippen molar-refractivity contribution >= 4 is 0 Å². The van der Waals surface area contributed by atoms with E-state index in [2.05, 4.69) is 242 Å². The summed E-state index contributed by atoms with van der Waals surface area (Å²) < 4.78 is 0. The summed E-state index contributed by atoms with van der Waals surface area (Å²) in [6.07, 6.45) is 0. The van der Waals surface area contributed by atoms with Gasteiger partial charge in [-0.1, -0.05) is 169 Å². The molecule has 0 saturated carbocycles. The summed E-state index contributed by atoms with van der Waals surface area (Å²) in [5, 5.41) is 29.0. The Labute approximate surface area is 439 Å². The lowest BCUT2D eigenvalue weighted by Gasteiger charge is -2.22. The Bertz CT molecular complexity index is 3750. The second-order valence-electron chi connectivity index (χ2n) is 22.3. The summed E-state index contributed by atoms with van der Waals surface area (Å²) in [7, 11) is 0. The first kappa shape index (κ1) is 45.5. The van der Waals surface area contributed by atoms with E-state index in [1.807, 2.05) is 18.2 Å². The van der Waals surface area contributed by atoms with E-state index in [4.69, 9.17) is 0 Å². The van der Waals surface area contributed by atoms with E-state index < -0.39 is 0 Å². The largest absolute Gasteiger partial charge is 0.192 e. The molecular weight excluding hydrogens is 907 g/mol. The number of rotatable bonds is 6. The molecule has 0 heterocycles. The van der Waals surface area contributed by atoms with E-state index in [0.29, 0.717) is 16.7 Å². The topological polar surface area (TPSA) is 71.4 Å². The zero-order valence-corrected chi connectivity index (χ0v) is 42.9. The van der Waals surface area contributed by atoms with Crippen LogP contribution in [0.1, 0.15) is 91.6 Å². The molecule has 3 heteroatoms. The lowest BCUT2D eigenvalue weighted by atomic mass is 9.81. The van der Waals surface area contributed by atoms with E-state index in [9.17, 15) is 15.8 Å². The Morgan fingerprint density at radius 1 is 0.213 bits per heavy atom. The monoisotopic (exact) mass is 957 g/mol. The van der Waals surface area contributed by atoms with Crippen LogP contribution in [0, 0.1) is 34.0 Å². The molecule has 0 unspecified atom stereocenters. The fraction of sp³-hybridized carbons (Fsp3) is 0.125. The highest BCUT2D eigenvalue weighted by molar-refractivity contribution is 5.89. The van der Waals surface area contributed by atoms with Gasteiger partial charge in [0, 0.05) is 16.2 Å². The molecular formula is C72H51N3. The zero-order chi connectivity index (χ0) is 51.5. The predicted molar refractivity (Wildman–Crippen MR) is 306 cm³/mol. The third kappa shape index (κ3) is 7.14. The van der Waals surface area contributed by atoms with Gasteiger partial charge in [0.1, 0.15) is 0 Å². The van der Waals surface area contributed by atoms with Gasteiger partial charge in [-0.2, -0.15) is 15.8 Å². The molecule has 3 aliphatic rings. The van der Waals surface area contributed by atoms with Crippen molar-refractivity contribution < 1.29 is 0 Å². The molecule has 10 aromatic rings. The van der Waals surface area contributed by atoms with Crippen LogP contribution in [0.5, 0.6) is 0 Å². The molecule has 3 aliphatic carbocycles. The van der Waals surface area contributed by atoms with Crippen LogP contribution in [0.25, 0.3) is 100 Å². The molecule has 75 heavy (non-hydrogen) atoms. The van der Waals surface area contributed by atoms with E-state index >= 15 is 0 Å². The second-order valence-corrected chi connectivity index (χ2v) is 22.3. The van der Waals surface area contributed by atoms with Crippen LogP contribution in [0.4, 0.5) is 0 Å². The van der Waals surface area contributed by atoms with Crippen molar-refractivity contribution in [2.24, 2.45) is 0 Å². The summed E-state index contributed by atoms with van der Waals surface area (Å²) in [6.45, 7) is 13.6. The van der Waals surface area contributed by atoms with Gasteiger partial charge in [-0.05, 0) is 206 Å². The molecule has 3 nitrogen and oxygen atoms in total. The average molecular weight is 958 g/mol. The molecule has 0 aromatic heterocycles. The molecule has 0 saturated heterocycles. The Balaban J connectivity index is 0.849. The second kappa shape index (κ2) is 16.6. The van der Waals surface area contributed by atoms with Gasteiger partial charge in [0.15, 0.2) is 0 Å². The first-order valence-corrected chi connectivity index (χ1v) is 25.8. The van der Waals surface area contributed by atoms with Crippen LogP contribution in [0.3, 0.4) is 0 Å². The van der Waals surface area contributed by atoms with Crippen molar-refractivity contribution in [3.05, 3.63) is 250 Å². The highest BCUT2D eigenvalue weighted by Crippen LogP contribution is 2.53. The van der Waals surface area contributed by atoms with Crippen molar-refractivity contribution in [3.8, 4) is 118 Å². The van der Waals surface area contributed by atoms with Gasteiger partial charge in [0.25, 0.3) is 0 Å². The van der Waals surface area contributed by atoms with Crippen LogP contribution in [-0.4, -0.2) is 0 Å². The minimum Gasteiger partial charge on any atom is -0.192 e. The predicted octanol–water partition coefficient (Wildman–Crippen LogP) is 18.2. The molecule has 0 fully saturated rings. The first-order valence-electron chi connectivity index (χ1n) is 25.8. The number of fused-ring (bicyclic) bond motifs is 9. The standard InChI is InChI=1S/C72H51N3/c1-70(2)64-31-43(40-73)7-25-58(64)61-28-22-52(37-67(61)70)46-10-16-49(17-11-46)55-34-56(50-18-12-47(13-19-50)53-23-29-62-59-26-8-44(41-74)32-65(59)71(3,4)68(62)38-53)36-57(35-55)51-20-14-48(15-21-51)54-24-30-63-60-27-9-45(42-75)33-66(60)72(5,6)69(63)39-54/h7-39H,1-6H3. The van der Waals surface area contributed by atoms with Crippen LogP contribution < -0.4 is 0 Å². The van der Waals surface area contributed by atoms with Gasteiger partial charge in [-0.3, -0.25) is 0 Å². The molecule has 0 bridgehead atoms. The third-order valence-corrected chi connectivity index (χ3v) is 17.0. The van der Waals surface area contributed by atoms with Crippen molar-refractivity contribution in [2.45, 2.75) is 57.8 Å².